The molecule has 2 aliphatic rings. The maximum atomic E-state index is 13.8. The van der Waals surface area contributed by atoms with E-state index in [4.69, 9.17) is 4.74 Å². The van der Waals surface area contributed by atoms with Gasteiger partial charge in [-0.15, -0.1) is 0 Å². The fourth-order valence-corrected chi connectivity index (χ4v) is 7.01. The third-order valence-corrected chi connectivity index (χ3v) is 9.76. The second-order valence-corrected chi connectivity index (χ2v) is 11.5. The Bertz CT molecular complexity index is 1100. The van der Waals surface area contributed by atoms with Crippen molar-refractivity contribution in [2.24, 2.45) is 0 Å². The Morgan fingerprint density at radius 3 is 2.28 bits per heavy atom. The third kappa shape index (κ3) is 5.28. The van der Waals surface area contributed by atoms with Gasteiger partial charge in [0.25, 0.3) is 5.91 Å². The monoisotopic (exact) mass is 517 g/mol. The Morgan fingerprint density at radius 2 is 1.69 bits per heavy atom. The predicted octanol–water partition coefficient (Wildman–Crippen LogP) is 2.26. The number of nitrogens with zero attached hydrogens (tertiary/aromatic N) is 4. The molecular formula is C25H35N5O5S. The van der Waals surface area contributed by atoms with Crippen LogP contribution in [0, 0.1) is 0 Å². The van der Waals surface area contributed by atoms with Gasteiger partial charge in [0.1, 0.15) is 5.75 Å². The number of piperazine rings is 1. The second-order valence-electron chi connectivity index (χ2n) is 9.22. The highest BCUT2D eigenvalue weighted by molar-refractivity contribution is 7.91. The van der Waals surface area contributed by atoms with E-state index < -0.39 is 20.7 Å². The van der Waals surface area contributed by atoms with Crippen LogP contribution < -0.4 is 20.0 Å². The van der Waals surface area contributed by atoms with Crippen molar-refractivity contribution < 1.29 is 23.2 Å². The predicted molar refractivity (Wildman–Crippen MR) is 138 cm³/mol. The zero-order chi connectivity index (χ0) is 25.6. The van der Waals surface area contributed by atoms with Crippen LogP contribution in [-0.2, 0) is 14.8 Å². The van der Waals surface area contributed by atoms with E-state index in [0.29, 0.717) is 32.8 Å². The van der Waals surface area contributed by atoms with Crippen molar-refractivity contribution in [3.8, 4) is 5.75 Å². The van der Waals surface area contributed by atoms with Crippen molar-refractivity contribution in [3.05, 3.63) is 48.8 Å². The molecule has 10 nitrogen and oxygen atoms in total. The number of benzene rings is 1. The molecule has 2 aliphatic heterocycles. The van der Waals surface area contributed by atoms with Gasteiger partial charge in [0.2, 0.25) is 10.0 Å². The minimum atomic E-state index is -4.02. The summed E-state index contributed by atoms with van der Waals surface area (Å²) in [6.07, 6.45) is 5.64. The number of hydroxylamine groups is 1. The first-order valence-electron chi connectivity index (χ1n) is 12.5. The van der Waals surface area contributed by atoms with Gasteiger partial charge in [-0.1, -0.05) is 13.3 Å². The maximum absolute atomic E-state index is 13.8. The highest BCUT2D eigenvalue weighted by Crippen LogP contribution is 2.36. The summed E-state index contributed by atoms with van der Waals surface area (Å²) in [6, 6.07) is 11.6. The molecule has 2 fully saturated rings. The SMILES string of the molecule is CCCCOc1ccc(N2CCN(S(=O)(=O)C3(C(=O)NO)CCN(c4cccnc4)CC3)CC2)cc1. The Morgan fingerprint density at radius 1 is 1.03 bits per heavy atom. The van der Waals surface area contributed by atoms with E-state index in [-0.39, 0.29) is 25.9 Å². The number of unbranched alkanes of at least 4 members (excludes halogenated alkanes) is 1. The lowest BCUT2D eigenvalue weighted by Gasteiger charge is -2.44. The fraction of sp³-hybridized carbons (Fsp3) is 0.520. The highest BCUT2D eigenvalue weighted by atomic mass is 32.2. The lowest BCUT2D eigenvalue weighted by molar-refractivity contribution is -0.132. The first-order chi connectivity index (χ1) is 17.4. The summed E-state index contributed by atoms with van der Waals surface area (Å²) in [5.41, 5.74) is 3.52. The van der Waals surface area contributed by atoms with Crippen molar-refractivity contribution >= 4 is 27.3 Å². The molecular weight excluding hydrogens is 482 g/mol. The lowest BCUT2D eigenvalue weighted by Crippen LogP contribution is -2.63. The normalized spacial score (nSPS) is 18.6. The molecule has 0 spiro atoms. The molecule has 0 bridgehead atoms. The van der Waals surface area contributed by atoms with E-state index in [2.05, 4.69) is 16.8 Å². The molecule has 0 aliphatic carbocycles. The number of carbonyl (C=O) groups is 1. The quantitative estimate of drug-likeness (QED) is 0.296. The number of nitrogens with one attached hydrogen (secondary N) is 1. The number of hydrogen-bond donors (Lipinski definition) is 2. The van der Waals surface area contributed by atoms with Gasteiger partial charge in [-0.3, -0.25) is 15.0 Å². The fourth-order valence-electron chi connectivity index (χ4n) is 4.89. The summed E-state index contributed by atoms with van der Waals surface area (Å²) in [6.45, 7) is 5.09. The second kappa shape index (κ2) is 11.4. The van der Waals surface area contributed by atoms with Crippen LogP contribution in [0.3, 0.4) is 0 Å². The molecule has 2 N–H and O–H groups in total. The number of piperidine rings is 1. The van der Waals surface area contributed by atoms with Crippen molar-refractivity contribution in [3.63, 3.8) is 0 Å². The number of pyridine rings is 1. The topological polar surface area (TPSA) is 115 Å². The maximum Gasteiger partial charge on any atom is 0.266 e. The van der Waals surface area contributed by atoms with E-state index in [9.17, 15) is 18.4 Å². The average Bonchev–Trinajstić information content (AvgIpc) is 2.93. The number of amides is 1. The van der Waals surface area contributed by atoms with E-state index >= 15 is 0 Å². The summed E-state index contributed by atoms with van der Waals surface area (Å²) in [5.74, 6) is -0.0441. The van der Waals surface area contributed by atoms with Crippen molar-refractivity contribution in [1.29, 1.82) is 0 Å². The molecule has 3 heterocycles. The lowest BCUT2D eigenvalue weighted by atomic mass is 9.94. The smallest absolute Gasteiger partial charge is 0.266 e. The van der Waals surface area contributed by atoms with Crippen molar-refractivity contribution in [2.45, 2.75) is 37.4 Å². The van der Waals surface area contributed by atoms with Crippen LogP contribution in [0.25, 0.3) is 0 Å². The van der Waals surface area contributed by atoms with Gasteiger partial charge in [0.15, 0.2) is 4.75 Å². The van der Waals surface area contributed by atoms with E-state index in [1.165, 1.54) is 4.31 Å². The van der Waals surface area contributed by atoms with Gasteiger partial charge in [-0.2, -0.15) is 4.31 Å². The zero-order valence-corrected chi connectivity index (χ0v) is 21.5. The molecule has 4 rings (SSSR count). The van der Waals surface area contributed by atoms with Crippen molar-refractivity contribution in [2.75, 3.05) is 55.7 Å². The van der Waals surface area contributed by atoms with Crippen LogP contribution in [0.4, 0.5) is 11.4 Å². The van der Waals surface area contributed by atoms with Gasteiger partial charge in [-0.05, 0) is 55.7 Å². The minimum Gasteiger partial charge on any atom is -0.494 e. The standard InChI is InChI=1S/C25H35N5O5S/c1-2-3-19-35-23-8-6-21(7-9-23)29-15-17-30(18-16-29)36(33,34)25(24(31)27-32)10-13-28(14-11-25)22-5-4-12-26-20-22/h4-9,12,20,32H,2-3,10-11,13-19H2,1H3,(H,27,31). The van der Waals surface area contributed by atoms with Crippen LogP contribution in [0.2, 0.25) is 0 Å². The molecule has 1 aromatic heterocycles. The van der Waals surface area contributed by atoms with Crippen LogP contribution >= 0.6 is 0 Å². The Kier molecular flexibility index (Phi) is 8.32. The minimum absolute atomic E-state index is 0.0797. The molecule has 2 saturated heterocycles. The summed E-state index contributed by atoms with van der Waals surface area (Å²) in [5, 5.41) is 9.45. The van der Waals surface area contributed by atoms with E-state index in [1.54, 1.807) is 17.9 Å². The van der Waals surface area contributed by atoms with Gasteiger partial charge in [-0.25, -0.2) is 13.9 Å². The molecule has 36 heavy (non-hydrogen) atoms. The number of aromatic nitrogens is 1. The summed E-state index contributed by atoms with van der Waals surface area (Å²) < 4.78 is 33.0. The van der Waals surface area contributed by atoms with E-state index in [1.807, 2.05) is 41.3 Å². The number of hydrogen-bond acceptors (Lipinski definition) is 8. The summed E-state index contributed by atoms with van der Waals surface area (Å²) in [7, 11) is -4.02. The Balaban J connectivity index is 1.42. The van der Waals surface area contributed by atoms with Gasteiger partial charge < -0.3 is 14.5 Å². The van der Waals surface area contributed by atoms with E-state index in [0.717, 1.165) is 30.0 Å². The molecule has 0 atom stereocenters. The Labute approximate surface area is 212 Å². The highest BCUT2D eigenvalue weighted by Gasteiger charge is 2.55. The van der Waals surface area contributed by atoms with Crippen LogP contribution in [-0.4, -0.2) is 79.4 Å². The van der Waals surface area contributed by atoms with Gasteiger partial charge in [0, 0.05) is 51.2 Å². The first-order valence-corrected chi connectivity index (χ1v) is 13.9. The molecule has 0 saturated carbocycles. The molecule has 0 radical (unpaired) electrons. The average molecular weight is 518 g/mol. The molecule has 1 aromatic carbocycles. The first kappa shape index (κ1) is 26.2. The molecule has 196 valence electrons. The van der Waals surface area contributed by atoms with Gasteiger partial charge >= 0.3 is 0 Å². The van der Waals surface area contributed by atoms with Crippen molar-refractivity contribution in [1.82, 2.24) is 14.8 Å². The molecule has 11 heteroatoms. The molecule has 0 unspecified atom stereocenters. The largest absolute Gasteiger partial charge is 0.494 e. The number of carbonyl (C=O) groups excluding carboxylic acids is 1. The molecule has 2 aromatic rings. The summed E-state index contributed by atoms with van der Waals surface area (Å²) >= 11 is 0. The summed E-state index contributed by atoms with van der Waals surface area (Å²) in [4.78, 5) is 21.1. The van der Waals surface area contributed by atoms with Crippen LogP contribution in [0.15, 0.2) is 48.8 Å². The van der Waals surface area contributed by atoms with Crippen LogP contribution in [0.5, 0.6) is 5.75 Å². The number of sulfonamides is 1. The van der Waals surface area contributed by atoms with Crippen LogP contribution in [0.1, 0.15) is 32.6 Å². The number of anilines is 2. The van der Waals surface area contributed by atoms with Gasteiger partial charge in [0.05, 0.1) is 18.5 Å². The third-order valence-electron chi connectivity index (χ3n) is 7.14. The Hall–Kier alpha value is -2.89. The molecule has 1 amide bonds. The number of ether oxygens (including phenoxy) is 1. The zero-order valence-electron chi connectivity index (χ0n) is 20.7. The number of rotatable bonds is 9.